The molecule has 3 rings (SSSR count). The SMILES string of the molecule is COCC(=O)Nc1cc(C(=O)NC(Cc2ccc(-c3ccccc3)cc2)CC(O)C(=O)O)[nH]n1. The summed E-state index contributed by atoms with van der Waals surface area (Å²) >= 11 is 0. The van der Waals surface area contributed by atoms with Crippen LogP contribution in [-0.4, -0.2) is 64.1 Å². The molecule has 10 heteroatoms. The molecule has 3 aromatic rings. The molecule has 0 saturated carbocycles. The van der Waals surface area contributed by atoms with Crippen molar-refractivity contribution in [1.29, 1.82) is 0 Å². The molecule has 5 N–H and O–H groups in total. The third-order valence-corrected chi connectivity index (χ3v) is 5.04. The van der Waals surface area contributed by atoms with E-state index in [0.29, 0.717) is 6.42 Å². The van der Waals surface area contributed by atoms with Gasteiger partial charge in [-0.15, -0.1) is 0 Å². The van der Waals surface area contributed by atoms with Crippen LogP contribution in [0.3, 0.4) is 0 Å². The van der Waals surface area contributed by atoms with Crippen molar-refractivity contribution in [3.8, 4) is 11.1 Å². The van der Waals surface area contributed by atoms with Crippen molar-refractivity contribution in [2.24, 2.45) is 0 Å². The maximum Gasteiger partial charge on any atom is 0.332 e. The Morgan fingerprint density at radius 1 is 1.06 bits per heavy atom. The van der Waals surface area contributed by atoms with E-state index < -0.39 is 29.9 Å². The Balaban J connectivity index is 1.69. The number of methoxy groups -OCH3 is 1. The van der Waals surface area contributed by atoms with Gasteiger partial charge >= 0.3 is 5.97 Å². The van der Waals surface area contributed by atoms with E-state index in [1.807, 2.05) is 54.6 Å². The van der Waals surface area contributed by atoms with Crippen LogP contribution in [0.4, 0.5) is 5.82 Å². The summed E-state index contributed by atoms with van der Waals surface area (Å²) in [6, 6.07) is 18.2. The van der Waals surface area contributed by atoms with Crippen LogP contribution in [-0.2, 0) is 20.7 Å². The molecule has 0 fully saturated rings. The summed E-state index contributed by atoms with van der Waals surface area (Å²) in [6.45, 7) is -0.160. The summed E-state index contributed by atoms with van der Waals surface area (Å²) in [5.74, 6) is -2.21. The number of rotatable bonds is 11. The second-order valence-electron chi connectivity index (χ2n) is 7.68. The molecule has 2 amide bonds. The number of carboxylic acid groups (broad SMARTS) is 1. The first-order valence-corrected chi connectivity index (χ1v) is 10.6. The molecule has 178 valence electrons. The van der Waals surface area contributed by atoms with Crippen molar-refractivity contribution in [3.05, 3.63) is 71.9 Å². The number of carbonyl (C=O) groups is 3. The van der Waals surface area contributed by atoms with E-state index in [0.717, 1.165) is 16.7 Å². The molecule has 2 unspecified atom stereocenters. The average molecular weight is 466 g/mol. The van der Waals surface area contributed by atoms with Gasteiger partial charge in [-0.2, -0.15) is 5.10 Å². The van der Waals surface area contributed by atoms with Gasteiger partial charge in [-0.3, -0.25) is 14.7 Å². The van der Waals surface area contributed by atoms with Gasteiger partial charge in [0.1, 0.15) is 12.3 Å². The molecule has 2 aromatic carbocycles. The van der Waals surface area contributed by atoms with E-state index >= 15 is 0 Å². The minimum Gasteiger partial charge on any atom is -0.479 e. The molecule has 0 radical (unpaired) electrons. The van der Waals surface area contributed by atoms with Crippen LogP contribution in [0.2, 0.25) is 0 Å². The molecule has 0 aliphatic rings. The van der Waals surface area contributed by atoms with Gasteiger partial charge in [-0.25, -0.2) is 4.79 Å². The number of aliphatic hydroxyl groups is 1. The van der Waals surface area contributed by atoms with Gasteiger partial charge < -0.3 is 25.6 Å². The monoisotopic (exact) mass is 466 g/mol. The molecule has 0 spiro atoms. The molecule has 0 aliphatic heterocycles. The fraction of sp³-hybridized carbons (Fsp3) is 0.250. The normalized spacial score (nSPS) is 12.5. The standard InChI is InChI=1S/C24H26N4O6/c1-34-14-22(30)26-21-13-19(27-28-21)23(31)25-18(12-20(29)24(32)33)11-15-7-9-17(10-8-15)16-5-3-2-4-6-16/h2-10,13,18,20,29H,11-12,14H2,1H3,(H,25,31)(H,32,33)(H2,26,27,28,30). The van der Waals surface area contributed by atoms with E-state index in [1.165, 1.54) is 13.2 Å². The summed E-state index contributed by atoms with van der Waals surface area (Å²) in [7, 11) is 1.38. The zero-order valence-electron chi connectivity index (χ0n) is 18.5. The van der Waals surface area contributed by atoms with Crippen molar-refractivity contribution in [2.75, 3.05) is 19.0 Å². The van der Waals surface area contributed by atoms with Crippen LogP contribution >= 0.6 is 0 Å². The molecule has 1 aromatic heterocycles. The lowest BCUT2D eigenvalue weighted by Crippen LogP contribution is -2.40. The molecule has 0 saturated heterocycles. The summed E-state index contributed by atoms with van der Waals surface area (Å²) in [5, 5.41) is 30.6. The predicted octanol–water partition coefficient (Wildman–Crippen LogP) is 1.84. The van der Waals surface area contributed by atoms with Gasteiger partial charge in [-0.05, 0) is 23.1 Å². The van der Waals surface area contributed by atoms with Gasteiger partial charge in [0, 0.05) is 25.6 Å². The highest BCUT2D eigenvalue weighted by atomic mass is 16.5. The highest BCUT2D eigenvalue weighted by molar-refractivity contribution is 5.95. The van der Waals surface area contributed by atoms with Crippen LogP contribution in [0, 0.1) is 0 Å². The molecule has 1 heterocycles. The Morgan fingerprint density at radius 2 is 1.74 bits per heavy atom. The van der Waals surface area contributed by atoms with Gasteiger partial charge in [0.15, 0.2) is 11.9 Å². The number of aromatic amines is 1. The fourth-order valence-electron chi connectivity index (χ4n) is 3.39. The third-order valence-electron chi connectivity index (χ3n) is 5.04. The Morgan fingerprint density at radius 3 is 2.38 bits per heavy atom. The predicted molar refractivity (Wildman–Crippen MR) is 124 cm³/mol. The summed E-state index contributed by atoms with van der Waals surface area (Å²) in [5.41, 5.74) is 3.02. The first-order chi connectivity index (χ1) is 16.4. The lowest BCUT2D eigenvalue weighted by atomic mass is 9.97. The number of amides is 2. The van der Waals surface area contributed by atoms with Gasteiger partial charge in [0.25, 0.3) is 11.8 Å². The minimum absolute atomic E-state index is 0.0713. The number of nitrogens with zero attached hydrogens (tertiary/aromatic N) is 1. The average Bonchev–Trinajstić information content (AvgIpc) is 3.28. The molecule has 0 aliphatic carbocycles. The number of ether oxygens (including phenoxy) is 1. The Kier molecular flexibility index (Phi) is 8.49. The highest BCUT2D eigenvalue weighted by Gasteiger charge is 2.23. The highest BCUT2D eigenvalue weighted by Crippen LogP contribution is 2.20. The van der Waals surface area contributed by atoms with Crippen molar-refractivity contribution < 1.29 is 29.3 Å². The van der Waals surface area contributed by atoms with Crippen molar-refractivity contribution in [1.82, 2.24) is 15.5 Å². The van der Waals surface area contributed by atoms with E-state index in [9.17, 15) is 19.5 Å². The number of H-pyrrole nitrogens is 1. The molecule has 10 nitrogen and oxygen atoms in total. The molecular weight excluding hydrogens is 440 g/mol. The van der Waals surface area contributed by atoms with Crippen molar-refractivity contribution in [3.63, 3.8) is 0 Å². The second kappa shape index (κ2) is 11.7. The lowest BCUT2D eigenvalue weighted by Gasteiger charge is -2.20. The number of hydrogen-bond donors (Lipinski definition) is 5. The number of aromatic nitrogens is 2. The number of carboxylic acids is 1. The fourth-order valence-corrected chi connectivity index (χ4v) is 3.39. The molecule has 2 atom stereocenters. The number of carbonyl (C=O) groups excluding carboxylic acids is 2. The van der Waals surface area contributed by atoms with Gasteiger partial charge in [0.2, 0.25) is 0 Å². The maximum atomic E-state index is 12.7. The van der Waals surface area contributed by atoms with Crippen LogP contribution in [0.5, 0.6) is 0 Å². The Hall–Kier alpha value is -4.02. The number of aliphatic hydroxyl groups excluding tert-OH is 1. The van der Waals surface area contributed by atoms with Gasteiger partial charge in [0.05, 0.1) is 0 Å². The zero-order valence-corrected chi connectivity index (χ0v) is 18.5. The number of benzene rings is 2. The minimum atomic E-state index is -1.64. The Bertz CT molecular complexity index is 1110. The lowest BCUT2D eigenvalue weighted by molar-refractivity contribution is -0.147. The van der Waals surface area contributed by atoms with Crippen LogP contribution in [0.15, 0.2) is 60.7 Å². The maximum absolute atomic E-state index is 12.7. The summed E-state index contributed by atoms with van der Waals surface area (Å²) in [4.78, 5) is 35.5. The third kappa shape index (κ3) is 6.99. The van der Waals surface area contributed by atoms with E-state index in [4.69, 9.17) is 9.84 Å². The van der Waals surface area contributed by atoms with E-state index in [2.05, 4.69) is 20.8 Å². The summed E-state index contributed by atoms with van der Waals surface area (Å²) < 4.78 is 4.73. The second-order valence-corrected chi connectivity index (χ2v) is 7.68. The molecule has 0 bridgehead atoms. The first kappa shape index (κ1) is 24.6. The number of anilines is 1. The number of hydrogen-bond acceptors (Lipinski definition) is 6. The zero-order chi connectivity index (χ0) is 24.5. The molecular formula is C24H26N4O6. The van der Waals surface area contributed by atoms with Crippen LogP contribution in [0.25, 0.3) is 11.1 Å². The Labute approximate surface area is 196 Å². The van der Waals surface area contributed by atoms with Crippen LogP contribution in [0.1, 0.15) is 22.5 Å². The smallest absolute Gasteiger partial charge is 0.332 e. The van der Waals surface area contributed by atoms with E-state index in [-0.39, 0.29) is 24.5 Å². The number of nitrogens with one attached hydrogen (secondary N) is 3. The topological polar surface area (TPSA) is 154 Å². The quantitative estimate of drug-likeness (QED) is 0.289. The largest absolute Gasteiger partial charge is 0.479 e. The van der Waals surface area contributed by atoms with Crippen molar-refractivity contribution >= 4 is 23.6 Å². The van der Waals surface area contributed by atoms with E-state index in [1.54, 1.807) is 0 Å². The number of aliphatic carboxylic acids is 1. The van der Waals surface area contributed by atoms with Crippen LogP contribution < -0.4 is 10.6 Å². The summed E-state index contributed by atoms with van der Waals surface area (Å²) in [6.07, 6.45) is -1.52. The van der Waals surface area contributed by atoms with Gasteiger partial charge in [-0.1, -0.05) is 54.6 Å². The molecule has 34 heavy (non-hydrogen) atoms. The van der Waals surface area contributed by atoms with Crippen molar-refractivity contribution in [2.45, 2.75) is 25.0 Å². The first-order valence-electron chi connectivity index (χ1n) is 10.6.